The Morgan fingerprint density at radius 3 is 2.85 bits per heavy atom. The van der Waals surface area contributed by atoms with Crippen molar-refractivity contribution in [2.24, 2.45) is 0 Å². The average molecular weight is 197 g/mol. The first kappa shape index (κ1) is 8.89. The Labute approximate surface area is 83.7 Å². The Morgan fingerprint density at radius 1 is 1.46 bits per heavy atom. The lowest BCUT2D eigenvalue weighted by molar-refractivity contribution is 0.298. The highest BCUT2D eigenvalue weighted by Gasteiger charge is 2.24. The molecule has 1 fully saturated rings. The van der Waals surface area contributed by atoms with Crippen LogP contribution < -0.4 is 4.74 Å². The van der Waals surface area contributed by atoms with Crippen LogP contribution in [0, 0.1) is 6.92 Å². The van der Waals surface area contributed by atoms with Gasteiger partial charge in [-0.2, -0.15) is 0 Å². The van der Waals surface area contributed by atoms with Crippen molar-refractivity contribution >= 4 is 11.6 Å². The van der Waals surface area contributed by atoms with E-state index in [9.17, 15) is 0 Å². The van der Waals surface area contributed by atoms with Gasteiger partial charge in [0.15, 0.2) is 0 Å². The highest BCUT2D eigenvalue weighted by molar-refractivity contribution is 6.17. The molecular formula is C11H13ClO. The summed E-state index contributed by atoms with van der Waals surface area (Å²) < 4.78 is 5.79. The first-order chi connectivity index (χ1) is 6.31. The number of halogens is 1. The first-order valence-electron chi connectivity index (χ1n) is 4.62. The molecule has 1 aromatic rings. The maximum absolute atomic E-state index is 5.83. The van der Waals surface area contributed by atoms with Gasteiger partial charge in [-0.25, -0.2) is 0 Å². The second-order valence-electron chi connectivity index (χ2n) is 3.51. The quantitative estimate of drug-likeness (QED) is 0.675. The molecule has 0 saturated heterocycles. The molecule has 0 aromatic heterocycles. The van der Waals surface area contributed by atoms with Crippen LogP contribution in [-0.4, -0.2) is 6.10 Å². The fourth-order valence-electron chi connectivity index (χ4n) is 1.34. The maximum atomic E-state index is 5.83. The Hall–Kier alpha value is -0.690. The van der Waals surface area contributed by atoms with E-state index in [1.165, 1.54) is 18.4 Å². The van der Waals surface area contributed by atoms with Crippen LogP contribution in [0.1, 0.15) is 24.0 Å². The highest BCUT2D eigenvalue weighted by Crippen LogP contribution is 2.32. The molecule has 0 unspecified atom stereocenters. The van der Waals surface area contributed by atoms with E-state index in [1.807, 2.05) is 12.1 Å². The summed E-state index contributed by atoms with van der Waals surface area (Å²) in [4.78, 5) is 0. The Kier molecular flexibility index (Phi) is 2.45. The highest BCUT2D eigenvalue weighted by atomic mass is 35.5. The lowest BCUT2D eigenvalue weighted by Gasteiger charge is -2.11. The minimum atomic E-state index is 0.447. The van der Waals surface area contributed by atoms with Gasteiger partial charge in [-0.15, -0.1) is 11.6 Å². The molecule has 70 valence electrons. The minimum Gasteiger partial charge on any atom is -0.490 e. The molecule has 0 bridgehead atoms. The molecule has 0 radical (unpaired) electrons. The van der Waals surface area contributed by atoms with Gasteiger partial charge in [0.2, 0.25) is 0 Å². The van der Waals surface area contributed by atoms with E-state index in [1.54, 1.807) is 0 Å². The van der Waals surface area contributed by atoms with Crippen molar-refractivity contribution < 1.29 is 4.74 Å². The predicted octanol–water partition coefficient (Wildman–Crippen LogP) is 3.28. The number of hydrogen-bond acceptors (Lipinski definition) is 1. The Balaban J connectivity index is 2.27. The van der Waals surface area contributed by atoms with Gasteiger partial charge < -0.3 is 4.74 Å². The molecule has 0 heterocycles. The van der Waals surface area contributed by atoms with Crippen molar-refractivity contribution in [3.05, 3.63) is 29.3 Å². The molecule has 1 nitrogen and oxygen atoms in total. The molecule has 0 spiro atoms. The average Bonchev–Trinajstić information content (AvgIpc) is 2.92. The molecule has 0 aliphatic heterocycles. The molecule has 2 heteroatoms. The van der Waals surface area contributed by atoms with E-state index in [4.69, 9.17) is 16.3 Å². The standard InChI is InChI=1S/C11H13ClO/c1-8-3-2-4-9(7-12)11(8)13-10-5-6-10/h2-4,10H,5-7H2,1H3. The van der Waals surface area contributed by atoms with Gasteiger partial charge in [0.25, 0.3) is 0 Å². The van der Waals surface area contributed by atoms with Crippen molar-refractivity contribution in [1.29, 1.82) is 0 Å². The van der Waals surface area contributed by atoms with E-state index in [0.29, 0.717) is 12.0 Å². The monoisotopic (exact) mass is 196 g/mol. The largest absolute Gasteiger partial charge is 0.490 e. The number of benzene rings is 1. The summed E-state index contributed by atoms with van der Waals surface area (Å²) in [7, 11) is 0. The van der Waals surface area contributed by atoms with E-state index in [-0.39, 0.29) is 0 Å². The van der Waals surface area contributed by atoms with Crippen LogP contribution in [-0.2, 0) is 5.88 Å². The summed E-state index contributed by atoms with van der Waals surface area (Å²) in [5, 5.41) is 0. The van der Waals surface area contributed by atoms with Gasteiger partial charge in [0, 0.05) is 5.56 Å². The zero-order chi connectivity index (χ0) is 9.26. The van der Waals surface area contributed by atoms with Gasteiger partial charge in [0.05, 0.1) is 12.0 Å². The Bertz CT molecular complexity index is 305. The van der Waals surface area contributed by atoms with Crippen LogP contribution in [0.2, 0.25) is 0 Å². The van der Waals surface area contributed by atoms with Crippen LogP contribution in [0.3, 0.4) is 0 Å². The lowest BCUT2D eigenvalue weighted by Crippen LogP contribution is -2.00. The summed E-state index contributed by atoms with van der Waals surface area (Å²) in [6.07, 6.45) is 2.83. The number of hydrogen-bond donors (Lipinski definition) is 0. The molecule has 0 atom stereocenters. The van der Waals surface area contributed by atoms with Crippen LogP contribution >= 0.6 is 11.6 Å². The van der Waals surface area contributed by atoms with E-state index in [2.05, 4.69) is 13.0 Å². The predicted molar refractivity (Wildman–Crippen MR) is 54.4 cm³/mol. The fraction of sp³-hybridized carbons (Fsp3) is 0.455. The van der Waals surface area contributed by atoms with Crippen LogP contribution in [0.4, 0.5) is 0 Å². The van der Waals surface area contributed by atoms with Gasteiger partial charge in [-0.05, 0) is 25.3 Å². The number of alkyl halides is 1. The third-order valence-electron chi connectivity index (χ3n) is 2.25. The van der Waals surface area contributed by atoms with Crippen molar-refractivity contribution in [1.82, 2.24) is 0 Å². The number of para-hydroxylation sites is 1. The van der Waals surface area contributed by atoms with Gasteiger partial charge in [-0.3, -0.25) is 0 Å². The summed E-state index contributed by atoms with van der Waals surface area (Å²) in [5.74, 6) is 1.53. The van der Waals surface area contributed by atoms with Crippen molar-refractivity contribution in [3.8, 4) is 5.75 Å². The molecule has 13 heavy (non-hydrogen) atoms. The molecule has 2 rings (SSSR count). The molecule has 0 N–H and O–H groups in total. The van der Waals surface area contributed by atoms with Crippen LogP contribution in [0.15, 0.2) is 18.2 Å². The normalized spacial score (nSPS) is 15.8. The fourth-order valence-corrected chi connectivity index (χ4v) is 1.55. The SMILES string of the molecule is Cc1cccc(CCl)c1OC1CC1. The second-order valence-corrected chi connectivity index (χ2v) is 3.78. The van der Waals surface area contributed by atoms with E-state index in [0.717, 1.165) is 11.3 Å². The number of aryl methyl sites for hydroxylation is 1. The smallest absolute Gasteiger partial charge is 0.127 e. The van der Waals surface area contributed by atoms with Gasteiger partial charge in [0.1, 0.15) is 5.75 Å². The number of rotatable bonds is 3. The molecule has 1 aliphatic rings. The lowest BCUT2D eigenvalue weighted by atomic mass is 10.1. The van der Waals surface area contributed by atoms with Crippen molar-refractivity contribution in [2.45, 2.75) is 31.7 Å². The Morgan fingerprint density at radius 2 is 2.23 bits per heavy atom. The van der Waals surface area contributed by atoms with Crippen LogP contribution in [0.5, 0.6) is 5.75 Å². The molecule has 1 aliphatic carbocycles. The summed E-state index contributed by atoms with van der Waals surface area (Å²) in [6, 6.07) is 6.11. The summed E-state index contributed by atoms with van der Waals surface area (Å²) >= 11 is 5.83. The van der Waals surface area contributed by atoms with Gasteiger partial charge in [-0.1, -0.05) is 18.2 Å². The van der Waals surface area contributed by atoms with E-state index >= 15 is 0 Å². The van der Waals surface area contributed by atoms with Crippen LogP contribution in [0.25, 0.3) is 0 Å². The summed E-state index contributed by atoms with van der Waals surface area (Å²) in [5.41, 5.74) is 2.29. The van der Waals surface area contributed by atoms with Gasteiger partial charge >= 0.3 is 0 Å². The van der Waals surface area contributed by atoms with E-state index < -0.39 is 0 Å². The first-order valence-corrected chi connectivity index (χ1v) is 5.16. The zero-order valence-corrected chi connectivity index (χ0v) is 8.47. The molecule has 0 amide bonds. The van der Waals surface area contributed by atoms with Crippen molar-refractivity contribution in [2.75, 3.05) is 0 Å². The van der Waals surface area contributed by atoms with Crippen molar-refractivity contribution in [3.63, 3.8) is 0 Å². The third-order valence-corrected chi connectivity index (χ3v) is 2.53. The topological polar surface area (TPSA) is 9.23 Å². The molecule has 1 aromatic carbocycles. The molecular weight excluding hydrogens is 184 g/mol. The second kappa shape index (κ2) is 3.59. The zero-order valence-electron chi connectivity index (χ0n) is 7.72. The summed E-state index contributed by atoms with van der Waals surface area (Å²) in [6.45, 7) is 2.06. The maximum Gasteiger partial charge on any atom is 0.127 e. The third kappa shape index (κ3) is 1.97. The number of ether oxygens (including phenoxy) is 1. The molecule has 1 saturated carbocycles. The minimum absolute atomic E-state index is 0.447.